The van der Waals surface area contributed by atoms with Gasteiger partial charge in [-0.15, -0.1) is 0 Å². The molecule has 0 aromatic heterocycles. The minimum Gasteiger partial charge on any atom is -0.508 e. The Bertz CT molecular complexity index is 364. The third kappa shape index (κ3) is 1.44. The Morgan fingerprint density at radius 3 is 2.79 bits per heavy atom. The summed E-state index contributed by atoms with van der Waals surface area (Å²) < 4.78 is 0. The van der Waals surface area contributed by atoms with Crippen LogP contribution in [0.25, 0.3) is 0 Å². The summed E-state index contributed by atoms with van der Waals surface area (Å²) in [6.07, 6.45) is 0. The lowest BCUT2D eigenvalue weighted by molar-refractivity contribution is -0.145. The van der Waals surface area contributed by atoms with Gasteiger partial charge in [-0.25, -0.2) is 0 Å². The molecule has 1 aliphatic rings. The zero-order chi connectivity index (χ0) is 10.1. The van der Waals surface area contributed by atoms with Crippen LogP contribution in [0.2, 0.25) is 0 Å². The quantitative estimate of drug-likeness (QED) is 0.647. The summed E-state index contributed by atoms with van der Waals surface area (Å²) in [5.41, 5.74) is 0.823. The van der Waals surface area contributed by atoms with E-state index >= 15 is 0 Å². The summed E-state index contributed by atoms with van der Waals surface area (Å²) in [6, 6.07) is 6.51. The van der Waals surface area contributed by atoms with Gasteiger partial charge in [-0.05, 0) is 17.7 Å². The van der Waals surface area contributed by atoms with E-state index in [1.165, 1.54) is 0 Å². The summed E-state index contributed by atoms with van der Waals surface area (Å²) >= 11 is 0. The Hall–Kier alpha value is -1.55. The Kier molecular flexibility index (Phi) is 2.13. The number of carbonyl (C=O) groups is 1. The smallest absolute Gasteiger partial charge is 0.309 e. The molecule has 1 aliphatic heterocycles. The lowest BCUT2D eigenvalue weighted by Gasteiger charge is -2.35. The maximum Gasteiger partial charge on any atom is 0.309 e. The predicted molar refractivity (Wildman–Crippen MR) is 50.0 cm³/mol. The summed E-state index contributed by atoms with van der Waals surface area (Å²) in [4.78, 5) is 10.7. The molecule has 0 spiro atoms. The minimum atomic E-state index is -0.794. The monoisotopic (exact) mass is 193 g/mol. The van der Waals surface area contributed by atoms with E-state index in [9.17, 15) is 9.90 Å². The van der Waals surface area contributed by atoms with Crippen molar-refractivity contribution in [3.63, 3.8) is 0 Å². The molecule has 4 heteroatoms. The zero-order valence-electron chi connectivity index (χ0n) is 7.47. The molecular weight excluding hydrogens is 182 g/mol. The largest absolute Gasteiger partial charge is 0.508 e. The number of carboxylic acids is 1. The number of benzene rings is 1. The van der Waals surface area contributed by atoms with Crippen molar-refractivity contribution in [1.29, 1.82) is 0 Å². The molecule has 74 valence electrons. The van der Waals surface area contributed by atoms with Crippen LogP contribution in [0, 0.1) is 5.92 Å². The van der Waals surface area contributed by atoms with E-state index in [0.717, 1.165) is 5.56 Å². The lowest BCUT2D eigenvalue weighted by atomic mass is 9.86. The van der Waals surface area contributed by atoms with Crippen LogP contribution in [0.5, 0.6) is 5.75 Å². The third-order valence-electron chi connectivity index (χ3n) is 2.51. The highest BCUT2D eigenvalue weighted by Gasteiger charge is 2.37. The molecular formula is C10H11NO3. The van der Waals surface area contributed by atoms with Gasteiger partial charge in [-0.2, -0.15) is 0 Å². The van der Waals surface area contributed by atoms with E-state index in [4.69, 9.17) is 5.11 Å². The Morgan fingerprint density at radius 1 is 1.50 bits per heavy atom. The first-order chi connectivity index (χ1) is 6.68. The Morgan fingerprint density at radius 2 is 2.29 bits per heavy atom. The number of carboxylic acid groups (broad SMARTS) is 1. The molecule has 0 saturated carbocycles. The molecule has 1 saturated heterocycles. The predicted octanol–water partition coefficient (Wildman–Crippen LogP) is 0.737. The fourth-order valence-electron chi connectivity index (χ4n) is 1.65. The number of hydrogen-bond donors (Lipinski definition) is 3. The molecule has 1 fully saturated rings. The van der Waals surface area contributed by atoms with Crippen molar-refractivity contribution < 1.29 is 15.0 Å². The van der Waals surface area contributed by atoms with Crippen molar-refractivity contribution in [3.05, 3.63) is 29.8 Å². The van der Waals surface area contributed by atoms with Crippen LogP contribution in [0.15, 0.2) is 24.3 Å². The average molecular weight is 193 g/mol. The fraction of sp³-hybridized carbons (Fsp3) is 0.300. The second-order valence-corrected chi connectivity index (χ2v) is 3.43. The highest BCUT2D eigenvalue weighted by molar-refractivity contribution is 5.73. The van der Waals surface area contributed by atoms with E-state index in [1.54, 1.807) is 18.2 Å². The van der Waals surface area contributed by atoms with Gasteiger partial charge < -0.3 is 15.5 Å². The van der Waals surface area contributed by atoms with Gasteiger partial charge in [-0.1, -0.05) is 12.1 Å². The first kappa shape index (κ1) is 9.02. The molecule has 3 N–H and O–H groups in total. The third-order valence-corrected chi connectivity index (χ3v) is 2.51. The SMILES string of the molecule is O=C(O)C1CNC1c1cccc(O)c1. The zero-order valence-corrected chi connectivity index (χ0v) is 7.47. The molecule has 2 rings (SSSR count). The van der Waals surface area contributed by atoms with E-state index in [-0.39, 0.29) is 17.7 Å². The van der Waals surface area contributed by atoms with Crippen molar-refractivity contribution in [2.45, 2.75) is 6.04 Å². The number of rotatable bonds is 2. The number of aromatic hydroxyl groups is 1. The number of aliphatic carboxylic acids is 1. The van der Waals surface area contributed by atoms with Gasteiger partial charge in [0.1, 0.15) is 5.75 Å². The summed E-state index contributed by atoms with van der Waals surface area (Å²) in [5.74, 6) is -1.01. The van der Waals surface area contributed by atoms with Crippen molar-refractivity contribution in [1.82, 2.24) is 5.32 Å². The number of nitrogens with one attached hydrogen (secondary N) is 1. The number of hydrogen-bond acceptors (Lipinski definition) is 3. The molecule has 0 aliphatic carbocycles. The molecule has 1 aromatic carbocycles. The van der Waals surface area contributed by atoms with Gasteiger partial charge in [0.15, 0.2) is 0 Å². The molecule has 1 heterocycles. The van der Waals surface area contributed by atoms with Crippen molar-refractivity contribution >= 4 is 5.97 Å². The Balaban J connectivity index is 2.20. The maximum absolute atomic E-state index is 10.7. The molecule has 2 atom stereocenters. The summed E-state index contributed by atoms with van der Waals surface area (Å²) in [7, 11) is 0. The molecule has 0 radical (unpaired) electrons. The second-order valence-electron chi connectivity index (χ2n) is 3.43. The van der Waals surface area contributed by atoms with E-state index in [1.807, 2.05) is 6.07 Å². The van der Waals surface area contributed by atoms with Gasteiger partial charge in [0.05, 0.1) is 5.92 Å². The number of phenols is 1. The summed E-state index contributed by atoms with van der Waals surface area (Å²) in [5, 5.41) is 21.1. The van der Waals surface area contributed by atoms with E-state index < -0.39 is 5.97 Å². The summed E-state index contributed by atoms with van der Waals surface area (Å²) in [6.45, 7) is 0.496. The minimum absolute atomic E-state index is 0.167. The lowest BCUT2D eigenvalue weighted by Crippen LogP contribution is -2.49. The van der Waals surface area contributed by atoms with Crippen LogP contribution >= 0.6 is 0 Å². The fourth-order valence-corrected chi connectivity index (χ4v) is 1.65. The molecule has 0 amide bonds. The second kappa shape index (κ2) is 3.31. The van der Waals surface area contributed by atoms with Gasteiger partial charge in [0, 0.05) is 12.6 Å². The first-order valence-electron chi connectivity index (χ1n) is 4.43. The van der Waals surface area contributed by atoms with Gasteiger partial charge in [0.2, 0.25) is 0 Å². The number of phenolic OH excluding ortho intramolecular Hbond substituents is 1. The average Bonchev–Trinajstić information content (AvgIpc) is 2.00. The van der Waals surface area contributed by atoms with Crippen LogP contribution in [0.1, 0.15) is 11.6 Å². The standard InChI is InChI=1S/C10H11NO3/c12-7-3-1-2-6(4-7)9-8(5-11-9)10(13)14/h1-4,8-9,11-12H,5H2,(H,13,14). The van der Waals surface area contributed by atoms with Crippen molar-refractivity contribution in [2.24, 2.45) is 5.92 Å². The molecule has 4 nitrogen and oxygen atoms in total. The van der Waals surface area contributed by atoms with E-state index in [0.29, 0.717) is 6.54 Å². The van der Waals surface area contributed by atoms with Crippen LogP contribution in [-0.2, 0) is 4.79 Å². The molecule has 1 aromatic rings. The van der Waals surface area contributed by atoms with Gasteiger partial charge in [0.25, 0.3) is 0 Å². The topological polar surface area (TPSA) is 69.6 Å². The Labute approximate surface area is 81.2 Å². The van der Waals surface area contributed by atoms with Crippen molar-refractivity contribution in [2.75, 3.05) is 6.54 Å². The van der Waals surface area contributed by atoms with Crippen molar-refractivity contribution in [3.8, 4) is 5.75 Å². The van der Waals surface area contributed by atoms with Crippen LogP contribution < -0.4 is 5.32 Å². The maximum atomic E-state index is 10.7. The van der Waals surface area contributed by atoms with Crippen LogP contribution in [0.4, 0.5) is 0 Å². The van der Waals surface area contributed by atoms with E-state index in [2.05, 4.69) is 5.32 Å². The normalized spacial score (nSPS) is 25.4. The van der Waals surface area contributed by atoms with Crippen LogP contribution in [0.3, 0.4) is 0 Å². The van der Waals surface area contributed by atoms with Gasteiger partial charge >= 0.3 is 5.97 Å². The molecule has 2 unspecified atom stereocenters. The molecule has 0 bridgehead atoms. The first-order valence-corrected chi connectivity index (χ1v) is 4.43. The highest BCUT2D eigenvalue weighted by atomic mass is 16.4. The highest BCUT2D eigenvalue weighted by Crippen LogP contribution is 2.30. The van der Waals surface area contributed by atoms with Gasteiger partial charge in [-0.3, -0.25) is 4.79 Å². The van der Waals surface area contributed by atoms with Crippen LogP contribution in [-0.4, -0.2) is 22.7 Å². The molecule has 14 heavy (non-hydrogen) atoms.